The predicted octanol–water partition coefficient (Wildman–Crippen LogP) is 1.94. The molecule has 8 nitrogen and oxygen atoms in total. The third-order valence-corrected chi connectivity index (χ3v) is 3.41. The minimum absolute atomic E-state index is 0.280. The summed E-state index contributed by atoms with van der Waals surface area (Å²) in [6, 6.07) is 8.28. The highest BCUT2D eigenvalue weighted by Gasteiger charge is 2.16. The molecule has 0 fully saturated rings. The van der Waals surface area contributed by atoms with E-state index in [-0.39, 0.29) is 5.69 Å². The van der Waals surface area contributed by atoms with Gasteiger partial charge in [0.1, 0.15) is 5.82 Å². The number of nitrogens with one attached hydrogen (secondary N) is 2. The van der Waals surface area contributed by atoms with Gasteiger partial charge >= 0.3 is 11.8 Å². The zero-order chi connectivity index (χ0) is 19.8. The fraction of sp³-hybridized carbons (Fsp3) is 0.167. The number of hydrogen-bond donors (Lipinski definition) is 2. The summed E-state index contributed by atoms with van der Waals surface area (Å²) in [6.07, 6.45) is 1.30. The average molecular weight is 375 g/mol. The van der Waals surface area contributed by atoms with Crippen LogP contribution in [-0.2, 0) is 9.59 Å². The Hall–Kier alpha value is -3.62. The third-order valence-electron chi connectivity index (χ3n) is 3.41. The lowest BCUT2D eigenvalue weighted by molar-refractivity contribution is -0.136. The SMILES string of the molecule is COc1ccc(C=NNC(=O)C(=O)Nc2ccc(F)cc2)c(OC)c1OC. The van der Waals surface area contributed by atoms with Crippen molar-refractivity contribution in [2.24, 2.45) is 5.10 Å². The van der Waals surface area contributed by atoms with Crippen molar-refractivity contribution in [3.63, 3.8) is 0 Å². The molecule has 0 unspecified atom stereocenters. The highest BCUT2D eigenvalue weighted by atomic mass is 19.1. The molecule has 2 aromatic carbocycles. The van der Waals surface area contributed by atoms with Gasteiger partial charge in [-0.05, 0) is 36.4 Å². The van der Waals surface area contributed by atoms with Crippen molar-refractivity contribution < 1.29 is 28.2 Å². The summed E-state index contributed by atoms with van der Waals surface area (Å²) < 4.78 is 28.5. The van der Waals surface area contributed by atoms with Gasteiger partial charge in [0.05, 0.1) is 27.5 Å². The fourth-order valence-corrected chi connectivity index (χ4v) is 2.16. The second kappa shape index (κ2) is 9.18. The van der Waals surface area contributed by atoms with Crippen LogP contribution in [0.4, 0.5) is 10.1 Å². The first-order chi connectivity index (χ1) is 13.0. The molecule has 0 saturated carbocycles. The highest BCUT2D eigenvalue weighted by Crippen LogP contribution is 2.38. The van der Waals surface area contributed by atoms with E-state index in [1.165, 1.54) is 39.7 Å². The number of anilines is 1. The van der Waals surface area contributed by atoms with Gasteiger partial charge in [0, 0.05) is 11.3 Å². The number of rotatable bonds is 6. The Bertz CT molecular complexity index is 853. The normalized spacial score (nSPS) is 10.4. The first-order valence-electron chi connectivity index (χ1n) is 7.69. The lowest BCUT2D eigenvalue weighted by Gasteiger charge is -2.13. The molecule has 0 saturated heterocycles. The first-order valence-corrected chi connectivity index (χ1v) is 7.69. The number of hydrogen-bond acceptors (Lipinski definition) is 6. The van der Waals surface area contributed by atoms with Gasteiger partial charge in [0.15, 0.2) is 11.5 Å². The van der Waals surface area contributed by atoms with E-state index in [0.29, 0.717) is 22.8 Å². The number of halogens is 1. The maximum Gasteiger partial charge on any atom is 0.329 e. The molecule has 2 amide bonds. The zero-order valence-corrected chi connectivity index (χ0v) is 14.9. The molecule has 27 heavy (non-hydrogen) atoms. The minimum atomic E-state index is -0.991. The van der Waals surface area contributed by atoms with Crippen LogP contribution in [0.2, 0.25) is 0 Å². The minimum Gasteiger partial charge on any atom is -0.493 e. The van der Waals surface area contributed by atoms with Gasteiger partial charge in [-0.25, -0.2) is 9.82 Å². The van der Waals surface area contributed by atoms with Crippen LogP contribution in [0, 0.1) is 5.82 Å². The monoisotopic (exact) mass is 375 g/mol. The van der Waals surface area contributed by atoms with Gasteiger partial charge in [0.25, 0.3) is 0 Å². The van der Waals surface area contributed by atoms with E-state index in [4.69, 9.17) is 14.2 Å². The summed E-state index contributed by atoms with van der Waals surface area (Å²) in [6.45, 7) is 0. The zero-order valence-electron chi connectivity index (χ0n) is 14.9. The van der Waals surface area contributed by atoms with E-state index in [1.54, 1.807) is 12.1 Å². The summed E-state index contributed by atoms with van der Waals surface area (Å²) in [5.41, 5.74) is 2.87. The van der Waals surface area contributed by atoms with Gasteiger partial charge in [-0.1, -0.05) is 0 Å². The topological polar surface area (TPSA) is 98.2 Å². The molecule has 2 rings (SSSR count). The van der Waals surface area contributed by atoms with Gasteiger partial charge in [-0.2, -0.15) is 5.10 Å². The summed E-state index contributed by atoms with van der Waals surface area (Å²) in [5, 5.41) is 6.06. The third kappa shape index (κ3) is 4.94. The van der Waals surface area contributed by atoms with Gasteiger partial charge < -0.3 is 19.5 Å². The summed E-state index contributed by atoms with van der Waals surface area (Å²) >= 11 is 0. The fourth-order valence-electron chi connectivity index (χ4n) is 2.16. The summed E-state index contributed by atoms with van der Waals surface area (Å²) in [5.74, 6) is -1.21. The molecule has 2 aromatic rings. The largest absolute Gasteiger partial charge is 0.493 e. The molecule has 142 valence electrons. The molecular formula is C18H18FN3O5. The molecular weight excluding hydrogens is 357 g/mol. The van der Waals surface area contributed by atoms with Crippen molar-refractivity contribution in [2.45, 2.75) is 0 Å². The van der Waals surface area contributed by atoms with Crippen LogP contribution in [-0.4, -0.2) is 39.4 Å². The van der Waals surface area contributed by atoms with Crippen molar-refractivity contribution in [1.29, 1.82) is 0 Å². The maximum atomic E-state index is 12.8. The second-order valence-corrected chi connectivity index (χ2v) is 5.08. The van der Waals surface area contributed by atoms with Crippen LogP contribution in [0.1, 0.15) is 5.56 Å². The van der Waals surface area contributed by atoms with Gasteiger partial charge in [-0.15, -0.1) is 0 Å². The van der Waals surface area contributed by atoms with E-state index in [2.05, 4.69) is 15.8 Å². The van der Waals surface area contributed by atoms with E-state index >= 15 is 0 Å². The number of carbonyl (C=O) groups is 2. The Morgan fingerprint density at radius 2 is 1.59 bits per heavy atom. The predicted molar refractivity (Wildman–Crippen MR) is 96.9 cm³/mol. The first kappa shape index (κ1) is 19.7. The molecule has 0 aliphatic heterocycles. The van der Waals surface area contributed by atoms with Gasteiger partial charge in [0.2, 0.25) is 5.75 Å². The Morgan fingerprint density at radius 1 is 0.926 bits per heavy atom. The standard InChI is InChI=1S/C18H18FN3O5/c1-25-14-9-4-11(15(26-2)16(14)27-3)10-20-22-18(24)17(23)21-13-7-5-12(19)6-8-13/h4-10H,1-3H3,(H,21,23)(H,22,24). The highest BCUT2D eigenvalue weighted by molar-refractivity contribution is 6.39. The van der Waals surface area contributed by atoms with Crippen LogP contribution in [0.25, 0.3) is 0 Å². The Labute approximate surface area is 154 Å². The Kier molecular flexibility index (Phi) is 6.70. The maximum absolute atomic E-state index is 12.8. The van der Waals surface area contributed by atoms with Crippen LogP contribution in [0.15, 0.2) is 41.5 Å². The Morgan fingerprint density at radius 3 is 2.19 bits per heavy atom. The summed E-state index contributed by atoms with van der Waals surface area (Å²) in [4.78, 5) is 23.6. The number of hydrazone groups is 1. The number of amides is 2. The number of carbonyl (C=O) groups excluding carboxylic acids is 2. The van der Waals surface area contributed by atoms with E-state index in [0.717, 1.165) is 12.1 Å². The number of benzene rings is 2. The number of ether oxygens (including phenoxy) is 3. The quantitative estimate of drug-likeness (QED) is 0.457. The second-order valence-electron chi connectivity index (χ2n) is 5.08. The molecule has 0 aliphatic carbocycles. The molecule has 0 aromatic heterocycles. The van der Waals surface area contributed by atoms with Crippen LogP contribution in [0.3, 0.4) is 0 Å². The van der Waals surface area contributed by atoms with Crippen molar-refractivity contribution >= 4 is 23.7 Å². The van der Waals surface area contributed by atoms with Crippen LogP contribution < -0.4 is 25.0 Å². The average Bonchev–Trinajstić information content (AvgIpc) is 2.68. The smallest absolute Gasteiger partial charge is 0.329 e. The van der Waals surface area contributed by atoms with Crippen molar-refractivity contribution in [3.8, 4) is 17.2 Å². The van der Waals surface area contributed by atoms with Crippen molar-refractivity contribution in [3.05, 3.63) is 47.8 Å². The number of methoxy groups -OCH3 is 3. The molecule has 0 atom stereocenters. The molecule has 2 N–H and O–H groups in total. The van der Waals surface area contributed by atoms with Crippen LogP contribution >= 0.6 is 0 Å². The molecule has 0 radical (unpaired) electrons. The molecule has 0 spiro atoms. The van der Waals surface area contributed by atoms with E-state index in [1.807, 2.05) is 0 Å². The molecule has 0 aliphatic rings. The molecule has 0 bridgehead atoms. The van der Waals surface area contributed by atoms with E-state index < -0.39 is 17.6 Å². The van der Waals surface area contributed by atoms with Gasteiger partial charge in [-0.3, -0.25) is 9.59 Å². The lowest BCUT2D eigenvalue weighted by atomic mass is 10.2. The van der Waals surface area contributed by atoms with Crippen molar-refractivity contribution in [1.82, 2.24) is 5.43 Å². The van der Waals surface area contributed by atoms with Crippen molar-refractivity contribution in [2.75, 3.05) is 26.6 Å². The Balaban J connectivity index is 2.05. The molecule has 0 heterocycles. The molecule has 9 heteroatoms. The van der Waals surface area contributed by atoms with Crippen LogP contribution in [0.5, 0.6) is 17.2 Å². The number of nitrogens with zero attached hydrogens (tertiary/aromatic N) is 1. The lowest BCUT2D eigenvalue weighted by Crippen LogP contribution is -2.32. The summed E-state index contributed by atoms with van der Waals surface area (Å²) in [7, 11) is 4.40. The van der Waals surface area contributed by atoms with E-state index in [9.17, 15) is 14.0 Å².